The zero-order chi connectivity index (χ0) is 30.1. The van der Waals surface area contributed by atoms with Crippen LogP contribution in [0.3, 0.4) is 0 Å². The van der Waals surface area contributed by atoms with Crippen molar-refractivity contribution in [2.24, 2.45) is 29.4 Å². The number of rotatable bonds is 6. The SMILES string of the molecule is CN(C)c1cc(CNOC(C)(C)C)c(O)c2c1C[C@H]1C[C@H]3[C@@H](N(C)C)C(=O)C(C(N)=O)C(=O)[C@@]3(O)C(=O)C1C2=O. The van der Waals surface area contributed by atoms with Crippen LogP contribution in [0.15, 0.2) is 6.07 Å². The van der Waals surface area contributed by atoms with E-state index in [1.807, 2.05) is 20.8 Å². The molecule has 0 bridgehead atoms. The van der Waals surface area contributed by atoms with Gasteiger partial charge in [0.15, 0.2) is 34.7 Å². The first kappa shape index (κ1) is 29.8. The molecule has 1 aromatic rings. The highest BCUT2D eigenvalue weighted by atomic mass is 16.7. The molecule has 3 aliphatic rings. The Kier molecular flexibility index (Phi) is 7.46. The Morgan fingerprint density at radius 2 is 1.77 bits per heavy atom. The number of nitrogens with two attached hydrogens (primary N) is 1. The van der Waals surface area contributed by atoms with E-state index >= 15 is 0 Å². The molecule has 0 aromatic heterocycles. The molecule has 0 saturated heterocycles. The number of aromatic hydroxyl groups is 1. The number of phenols is 1. The molecule has 0 aliphatic heterocycles. The molecule has 4 rings (SSSR count). The van der Waals surface area contributed by atoms with Crippen LogP contribution in [0.2, 0.25) is 0 Å². The lowest BCUT2D eigenvalue weighted by Gasteiger charge is -2.52. The number of carbonyl (C=O) groups is 5. The number of phenolic OH excluding ortho intramolecular Hbond substituents is 1. The number of ketones is 4. The second-order valence-corrected chi connectivity index (χ2v) is 12.5. The highest BCUT2D eigenvalue weighted by molar-refractivity contribution is 6.32. The Hall–Kier alpha value is -3.19. The number of hydrogen-bond acceptors (Lipinski definition) is 11. The smallest absolute Gasteiger partial charge is 0.235 e. The van der Waals surface area contributed by atoms with Gasteiger partial charge in [-0.15, -0.1) is 0 Å². The number of hydroxylamine groups is 1. The highest BCUT2D eigenvalue weighted by Crippen LogP contribution is 2.52. The van der Waals surface area contributed by atoms with Crippen LogP contribution in [0.25, 0.3) is 0 Å². The first-order valence-electron chi connectivity index (χ1n) is 13.2. The van der Waals surface area contributed by atoms with Crippen molar-refractivity contribution >= 4 is 34.7 Å². The van der Waals surface area contributed by atoms with Crippen molar-refractivity contribution in [1.29, 1.82) is 0 Å². The zero-order valence-corrected chi connectivity index (χ0v) is 23.9. The Morgan fingerprint density at radius 3 is 2.30 bits per heavy atom. The highest BCUT2D eigenvalue weighted by Gasteiger charge is 2.69. The van der Waals surface area contributed by atoms with Crippen molar-refractivity contribution in [2.75, 3.05) is 33.1 Å². The first-order valence-corrected chi connectivity index (χ1v) is 13.2. The number of aliphatic hydroxyl groups is 1. The van der Waals surface area contributed by atoms with Gasteiger partial charge >= 0.3 is 0 Å². The fraction of sp³-hybridized carbons (Fsp3) is 0.607. The number of fused-ring (bicyclic) bond motifs is 3. The van der Waals surface area contributed by atoms with Crippen molar-refractivity contribution < 1.29 is 39.0 Å². The summed E-state index contributed by atoms with van der Waals surface area (Å²) in [7, 11) is 6.69. The van der Waals surface area contributed by atoms with Crippen LogP contribution in [-0.4, -0.2) is 89.6 Å². The summed E-state index contributed by atoms with van der Waals surface area (Å²) in [6, 6.07) is 0.606. The molecule has 12 nitrogen and oxygen atoms in total. The van der Waals surface area contributed by atoms with Crippen LogP contribution >= 0.6 is 0 Å². The Bertz CT molecular complexity index is 1300. The van der Waals surface area contributed by atoms with Crippen molar-refractivity contribution in [2.45, 2.75) is 57.4 Å². The van der Waals surface area contributed by atoms with Gasteiger partial charge < -0.3 is 20.8 Å². The maximum absolute atomic E-state index is 14.0. The fourth-order valence-electron chi connectivity index (χ4n) is 6.57. The van der Waals surface area contributed by atoms with Crippen molar-refractivity contribution in [3.8, 4) is 5.75 Å². The molecule has 12 heteroatoms. The molecule has 0 spiro atoms. The van der Waals surface area contributed by atoms with Crippen LogP contribution in [0, 0.1) is 23.7 Å². The summed E-state index contributed by atoms with van der Waals surface area (Å²) < 4.78 is 0. The number of anilines is 1. The molecule has 1 aromatic carbocycles. The van der Waals surface area contributed by atoms with E-state index < -0.39 is 70.0 Å². The molecule has 5 N–H and O–H groups in total. The molecule has 6 atom stereocenters. The van der Waals surface area contributed by atoms with Gasteiger partial charge in [-0.05, 0) is 65.3 Å². The van der Waals surface area contributed by atoms with E-state index in [0.717, 1.165) is 0 Å². The van der Waals surface area contributed by atoms with Gasteiger partial charge in [0.05, 0.1) is 23.1 Å². The second-order valence-electron chi connectivity index (χ2n) is 12.5. The molecule has 3 aliphatic carbocycles. The number of carbonyl (C=O) groups excluding carboxylic acids is 5. The van der Waals surface area contributed by atoms with Gasteiger partial charge in [-0.2, -0.15) is 5.48 Å². The Labute approximate surface area is 232 Å². The summed E-state index contributed by atoms with van der Waals surface area (Å²) >= 11 is 0. The molecule has 0 radical (unpaired) electrons. The Morgan fingerprint density at radius 1 is 1.15 bits per heavy atom. The number of amides is 1. The summed E-state index contributed by atoms with van der Waals surface area (Å²) in [5.41, 5.74) is 6.40. The average molecular weight is 559 g/mol. The van der Waals surface area contributed by atoms with Gasteiger partial charge in [-0.1, -0.05) is 0 Å². The minimum Gasteiger partial charge on any atom is -0.507 e. The lowest BCUT2D eigenvalue weighted by atomic mass is 9.52. The molecule has 40 heavy (non-hydrogen) atoms. The van der Waals surface area contributed by atoms with Crippen molar-refractivity contribution in [3.05, 3.63) is 22.8 Å². The van der Waals surface area contributed by atoms with E-state index in [1.165, 1.54) is 4.90 Å². The van der Waals surface area contributed by atoms with Crippen LogP contribution < -0.4 is 16.1 Å². The lowest BCUT2D eigenvalue weighted by Crippen LogP contribution is -2.74. The molecule has 2 unspecified atom stereocenters. The normalized spacial score (nSPS) is 30.2. The molecule has 1 amide bonds. The van der Waals surface area contributed by atoms with Gasteiger partial charge in [0.2, 0.25) is 5.91 Å². The minimum absolute atomic E-state index is 0.000253. The average Bonchev–Trinajstić information content (AvgIpc) is 2.81. The minimum atomic E-state index is -2.75. The van der Waals surface area contributed by atoms with Gasteiger partial charge in [-0.25, -0.2) is 0 Å². The third-order valence-electron chi connectivity index (χ3n) is 8.24. The van der Waals surface area contributed by atoms with Crippen molar-refractivity contribution in [1.82, 2.24) is 10.4 Å². The van der Waals surface area contributed by atoms with Gasteiger partial charge in [0, 0.05) is 37.8 Å². The number of benzene rings is 1. The molecule has 0 heterocycles. The summed E-state index contributed by atoms with van der Waals surface area (Å²) in [5, 5.41) is 23.0. The maximum Gasteiger partial charge on any atom is 0.235 e. The number of nitrogens with one attached hydrogen (secondary N) is 1. The molecular weight excluding hydrogens is 520 g/mol. The summed E-state index contributed by atoms with van der Waals surface area (Å²) in [4.78, 5) is 75.6. The van der Waals surface area contributed by atoms with Gasteiger partial charge in [0.25, 0.3) is 0 Å². The van der Waals surface area contributed by atoms with Crippen LogP contribution in [0.4, 0.5) is 5.69 Å². The summed E-state index contributed by atoms with van der Waals surface area (Å²) in [5.74, 6) is -10.7. The topological polar surface area (TPSA) is 180 Å². The standard InChI is InChI=1S/C28H38N4O8/c1-27(2,3)40-30-11-13-10-16(31(4)5)14-8-12-9-15-20(32(6)7)23(35)19(26(29)38)25(37)28(15,39)24(36)17(12)22(34)18(14)21(13)33/h10,12,15,17,19-20,30,33,39H,8-9,11H2,1-7H3,(H2,29,38)/t12-,15-,17?,19?,20+,28-/m0/s1. The number of hydrogen-bond donors (Lipinski definition) is 4. The maximum atomic E-state index is 14.0. The van der Waals surface area contributed by atoms with Crippen LogP contribution in [0.1, 0.15) is 48.7 Å². The van der Waals surface area contributed by atoms with Gasteiger partial charge in [0.1, 0.15) is 5.75 Å². The largest absolute Gasteiger partial charge is 0.507 e. The van der Waals surface area contributed by atoms with E-state index in [2.05, 4.69) is 5.48 Å². The van der Waals surface area contributed by atoms with E-state index in [-0.39, 0.29) is 30.7 Å². The predicted molar refractivity (Wildman–Crippen MR) is 143 cm³/mol. The number of Topliss-reactive ketones (excluding diaryl/α,β-unsaturated/α-hetero) is 4. The van der Waals surface area contributed by atoms with Crippen LogP contribution in [0.5, 0.6) is 5.75 Å². The molecule has 2 saturated carbocycles. The number of likely N-dealkylation sites (N-methyl/N-ethyl adjacent to an activating group) is 1. The third-order valence-corrected chi connectivity index (χ3v) is 8.24. The quantitative estimate of drug-likeness (QED) is 0.267. The van der Waals surface area contributed by atoms with E-state index in [1.54, 1.807) is 39.2 Å². The first-order chi connectivity index (χ1) is 18.4. The van der Waals surface area contributed by atoms with Crippen molar-refractivity contribution in [3.63, 3.8) is 0 Å². The molecule has 218 valence electrons. The summed E-state index contributed by atoms with van der Waals surface area (Å²) in [6.45, 7) is 5.60. The molecule has 2 fully saturated rings. The molecular formula is C28H38N4O8. The number of primary amides is 1. The number of nitrogens with zero attached hydrogens (tertiary/aromatic N) is 2. The van der Waals surface area contributed by atoms with Crippen LogP contribution in [-0.2, 0) is 37.0 Å². The van der Waals surface area contributed by atoms with E-state index in [0.29, 0.717) is 16.8 Å². The zero-order valence-electron chi connectivity index (χ0n) is 23.9. The summed E-state index contributed by atoms with van der Waals surface area (Å²) in [6.07, 6.45) is 0.194. The monoisotopic (exact) mass is 558 g/mol. The second kappa shape index (κ2) is 10.0. The predicted octanol–water partition coefficient (Wildman–Crippen LogP) is -0.247. The van der Waals surface area contributed by atoms with E-state index in [4.69, 9.17) is 10.6 Å². The fourth-order valence-corrected chi connectivity index (χ4v) is 6.57. The van der Waals surface area contributed by atoms with Gasteiger partial charge in [-0.3, -0.25) is 33.7 Å². The Balaban J connectivity index is 1.83. The lowest BCUT2D eigenvalue weighted by molar-refractivity contribution is -0.181. The third kappa shape index (κ3) is 4.52. The van der Waals surface area contributed by atoms with E-state index in [9.17, 15) is 34.2 Å².